The van der Waals surface area contributed by atoms with Gasteiger partial charge < -0.3 is 14.8 Å². The third kappa shape index (κ3) is 3.03. The SMILES string of the molecule is CCOc1ncccc1NC(=O)C1COc2ccccc2C1. The molecule has 1 N–H and O–H groups in total. The van der Waals surface area contributed by atoms with Crippen LogP contribution in [-0.4, -0.2) is 24.1 Å². The maximum Gasteiger partial charge on any atom is 0.237 e. The van der Waals surface area contributed by atoms with Crippen LogP contribution in [0.4, 0.5) is 5.69 Å². The first-order chi connectivity index (χ1) is 10.8. The Hall–Kier alpha value is -2.56. The van der Waals surface area contributed by atoms with Crippen LogP contribution in [0.5, 0.6) is 11.6 Å². The van der Waals surface area contributed by atoms with E-state index in [-0.39, 0.29) is 11.8 Å². The van der Waals surface area contributed by atoms with Crippen LogP contribution in [0.3, 0.4) is 0 Å². The molecule has 3 rings (SSSR count). The maximum absolute atomic E-state index is 12.5. The molecule has 1 amide bonds. The van der Waals surface area contributed by atoms with Gasteiger partial charge in [0, 0.05) is 6.20 Å². The molecule has 5 heteroatoms. The van der Waals surface area contributed by atoms with E-state index in [2.05, 4.69) is 10.3 Å². The molecule has 1 aromatic heterocycles. The molecule has 1 unspecified atom stereocenters. The van der Waals surface area contributed by atoms with Gasteiger partial charge in [0.2, 0.25) is 11.8 Å². The Morgan fingerprint density at radius 1 is 1.36 bits per heavy atom. The predicted molar refractivity (Wildman–Crippen MR) is 83.2 cm³/mol. The van der Waals surface area contributed by atoms with Crippen molar-refractivity contribution in [1.82, 2.24) is 4.98 Å². The Morgan fingerprint density at radius 3 is 3.09 bits per heavy atom. The number of rotatable bonds is 4. The van der Waals surface area contributed by atoms with Gasteiger partial charge in [0.25, 0.3) is 0 Å². The number of benzene rings is 1. The number of hydrogen-bond acceptors (Lipinski definition) is 4. The molecule has 5 nitrogen and oxygen atoms in total. The smallest absolute Gasteiger partial charge is 0.237 e. The zero-order chi connectivity index (χ0) is 15.4. The topological polar surface area (TPSA) is 60.5 Å². The summed E-state index contributed by atoms with van der Waals surface area (Å²) in [5, 5.41) is 2.89. The Balaban J connectivity index is 1.71. The van der Waals surface area contributed by atoms with Crippen molar-refractivity contribution in [3.63, 3.8) is 0 Å². The summed E-state index contributed by atoms with van der Waals surface area (Å²) in [6, 6.07) is 11.4. The van der Waals surface area contributed by atoms with E-state index in [9.17, 15) is 4.79 Å². The molecule has 1 aliphatic rings. The lowest BCUT2D eigenvalue weighted by Gasteiger charge is -2.24. The largest absolute Gasteiger partial charge is 0.492 e. The number of carbonyl (C=O) groups is 1. The van der Waals surface area contributed by atoms with Crippen LogP contribution in [0, 0.1) is 5.92 Å². The molecule has 0 bridgehead atoms. The van der Waals surface area contributed by atoms with Crippen molar-refractivity contribution in [1.29, 1.82) is 0 Å². The highest BCUT2D eigenvalue weighted by molar-refractivity contribution is 5.94. The second-order valence-electron chi connectivity index (χ2n) is 5.10. The number of para-hydroxylation sites is 1. The molecule has 0 fully saturated rings. The van der Waals surface area contributed by atoms with Gasteiger partial charge in [-0.05, 0) is 37.1 Å². The first kappa shape index (κ1) is 14.4. The summed E-state index contributed by atoms with van der Waals surface area (Å²) < 4.78 is 11.1. The molecule has 2 aromatic rings. The number of anilines is 1. The fraction of sp³-hybridized carbons (Fsp3) is 0.294. The molecule has 0 spiro atoms. The molecular formula is C17H18N2O3. The van der Waals surface area contributed by atoms with E-state index < -0.39 is 0 Å². The van der Waals surface area contributed by atoms with Crippen LogP contribution in [0.15, 0.2) is 42.6 Å². The van der Waals surface area contributed by atoms with Gasteiger partial charge in [-0.15, -0.1) is 0 Å². The van der Waals surface area contributed by atoms with Crippen molar-refractivity contribution in [2.24, 2.45) is 5.92 Å². The summed E-state index contributed by atoms with van der Waals surface area (Å²) in [5.74, 6) is 1.01. The minimum absolute atomic E-state index is 0.0801. The summed E-state index contributed by atoms with van der Waals surface area (Å²) in [7, 11) is 0. The highest BCUT2D eigenvalue weighted by atomic mass is 16.5. The molecule has 0 saturated heterocycles. The van der Waals surface area contributed by atoms with E-state index in [1.54, 1.807) is 18.3 Å². The summed E-state index contributed by atoms with van der Waals surface area (Å²) in [4.78, 5) is 16.6. The Bertz CT molecular complexity index is 672. The Morgan fingerprint density at radius 2 is 2.23 bits per heavy atom. The summed E-state index contributed by atoms with van der Waals surface area (Å²) in [6.07, 6.45) is 2.31. The molecule has 1 aliphatic heterocycles. The average molecular weight is 298 g/mol. The molecule has 0 radical (unpaired) electrons. The number of nitrogens with zero attached hydrogens (tertiary/aromatic N) is 1. The molecule has 1 aromatic carbocycles. The number of amides is 1. The van der Waals surface area contributed by atoms with Crippen LogP contribution < -0.4 is 14.8 Å². The van der Waals surface area contributed by atoms with E-state index in [0.29, 0.717) is 31.2 Å². The highest BCUT2D eigenvalue weighted by Crippen LogP contribution is 2.28. The van der Waals surface area contributed by atoms with Crippen molar-refractivity contribution in [2.45, 2.75) is 13.3 Å². The molecule has 0 aliphatic carbocycles. The summed E-state index contributed by atoms with van der Waals surface area (Å²) in [6.45, 7) is 2.76. The third-order valence-electron chi connectivity index (χ3n) is 3.56. The van der Waals surface area contributed by atoms with Crippen molar-refractivity contribution in [3.05, 3.63) is 48.2 Å². The monoisotopic (exact) mass is 298 g/mol. The summed E-state index contributed by atoms with van der Waals surface area (Å²) in [5.41, 5.74) is 1.65. The summed E-state index contributed by atoms with van der Waals surface area (Å²) >= 11 is 0. The van der Waals surface area contributed by atoms with Gasteiger partial charge in [0.05, 0.1) is 12.5 Å². The van der Waals surface area contributed by atoms with E-state index in [0.717, 1.165) is 11.3 Å². The number of pyridine rings is 1. The zero-order valence-corrected chi connectivity index (χ0v) is 12.4. The minimum Gasteiger partial charge on any atom is -0.492 e. The molecule has 2 heterocycles. The van der Waals surface area contributed by atoms with Gasteiger partial charge >= 0.3 is 0 Å². The van der Waals surface area contributed by atoms with Gasteiger partial charge in [-0.1, -0.05) is 18.2 Å². The predicted octanol–water partition coefficient (Wildman–Crippen LogP) is 2.67. The highest BCUT2D eigenvalue weighted by Gasteiger charge is 2.26. The number of carbonyl (C=O) groups excluding carboxylic acids is 1. The van der Waals surface area contributed by atoms with Crippen LogP contribution in [0.1, 0.15) is 12.5 Å². The number of ether oxygens (including phenoxy) is 2. The minimum atomic E-state index is -0.218. The van der Waals surface area contributed by atoms with E-state index in [1.807, 2.05) is 31.2 Å². The number of nitrogens with one attached hydrogen (secondary N) is 1. The fourth-order valence-corrected chi connectivity index (χ4v) is 2.47. The lowest BCUT2D eigenvalue weighted by Crippen LogP contribution is -2.32. The quantitative estimate of drug-likeness (QED) is 0.942. The lowest BCUT2D eigenvalue weighted by atomic mass is 9.96. The Labute approximate surface area is 129 Å². The first-order valence-corrected chi connectivity index (χ1v) is 7.37. The standard InChI is InChI=1S/C17H18N2O3/c1-2-21-17-14(7-5-9-18-17)19-16(20)13-10-12-6-3-4-8-15(12)22-11-13/h3-9,13H,2,10-11H2,1H3,(H,19,20). The number of aromatic nitrogens is 1. The number of fused-ring (bicyclic) bond motifs is 1. The lowest BCUT2D eigenvalue weighted by molar-refractivity contribution is -0.121. The first-order valence-electron chi connectivity index (χ1n) is 7.37. The number of hydrogen-bond donors (Lipinski definition) is 1. The maximum atomic E-state index is 12.5. The zero-order valence-electron chi connectivity index (χ0n) is 12.4. The van der Waals surface area contributed by atoms with Crippen LogP contribution in [-0.2, 0) is 11.2 Å². The normalized spacial score (nSPS) is 16.3. The van der Waals surface area contributed by atoms with E-state index in [4.69, 9.17) is 9.47 Å². The van der Waals surface area contributed by atoms with Crippen molar-refractivity contribution < 1.29 is 14.3 Å². The molecule has 1 atom stereocenters. The molecular weight excluding hydrogens is 280 g/mol. The van der Waals surface area contributed by atoms with Crippen molar-refractivity contribution >= 4 is 11.6 Å². The van der Waals surface area contributed by atoms with Gasteiger partial charge in [-0.2, -0.15) is 0 Å². The van der Waals surface area contributed by atoms with Crippen molar-refractivity contribution in [2.75, 3.05) is 18.5 Å². The van der Waals surface area contributed by atoms with E-state index >= 15 is 0 Å². The van der Waals surface area contributed by atoms with Gasteiger partial charge in [0.1, 0.15) is 18.0 Å². The second-order valence-corrected chi connectivity index (χ2v) is 5.10. The van der Waals surface area contributed by atoms with Crippen LogP contribution >= 0.6 is 0 Å². The third-order valence-corrected chi connectivity index (χ3v) is 3.56. The van der Waals surface area contributed by atoms with Gasteiger partial charge in [-0.3, -0.25) is 4.79 Å². The Kier molecular flexibility index (Phi) is 4.23. The van der Waals surface area contributed by atoms with Crippen LogP contribution in [0.25, 0.3) is 0 Å². The molecule has 0 saturated carbocycles. The average Bonchev–Trinajstić information content (AvgIpc) is 2.56. The van der Waals surface area contributed by atoms with E-state index in [1.165, 1.54) is 0 Å². The van der Waals surface area contributed by atoms with Gasteiger partial charge in [0.15, 0.2) is 0 Å². The second kappa shape index (κ2) is 6.47. The van der Waals surface area contributed by atoms with Crippen LogP contribution in [0.2, 0.25) is 0 Å². The fourth-order valence-electron chi connectivity index (χ4n) is 2.47. The molecule has 22 heavy (non-hydrogen) atoms. The van der Waals surface area contributed by atoms with Crippen molar-refractivity contribution in [3.8, 4) is 11.6 Å². The molecule has 114 valence electrons. The van der Waals surface area contributed by atoms with Gasteiger partial charge in [-0.25, -0.2) is 4.98 Å².